The standard InChI is InChI=1S/C12H16O4/c1-8(13)15-10-3-2-4-11-9(5-6-10)7-12(14)16-11/h2-3,9-11H,4-7H2,1H3/b3-2-/t9-,10+,11+/m0/s1. The predicted molar refractivity (Wildman–Crippen MR) is 56.5 cm³/mol. The molecule has 1 saturated heterocycles. The van der Waals surface area contributed by atoms with E-state index >= 15 is 0 Å². The van der Waals surface area contributed by atoms with Gasteiger partial charge in [0.15, 0.2) is 0 Å². The first-order chi connectivity index (χ1) is 7.65. The van der Waals surface area contributed by atoms with Crippen molar-refractivity contribution in [3.8, 4) is 0 Å². The van der Waals surface area contributed by atoms with Crippen molar-refractivity contribution < 1.29 is 19.1 Å². The van der Waals surface area contributed by atoms with Crippen molar-refractivity contribution in [1.29, 1.82) is 0 Å². The highest BCUT2D eigenvalue weighted by Crippen LogP contribution is 2.31. The van der Waals surface area contributed by atoms with Gasteiger partial charge in [0, 0.05) is 19.3 Å². The number of fused-ring (bicyclic) bond motifs is 1. The average Bonchev–Trinajstić information content (AvgIpc) is 2.51. The summed E-state index contributed by atoms with van der Waals surface area (Å²) >= 11 is 0. The van der Waals surface area contributed by atoms with E-state index in [4.69, 9.17) is 9.47 Å². The molecule has 0 aromatic carbocycles. The van der Waals surface area contributed by atoms with Crippen LogP contribution in [0.1, 0.15) is 32.6 Å². The van der Waals surface area contributed by atoms with Gasteiger partial charge in [-0.15, -0.1) is 0 Å². The summed E-state index contributed by atoms with van der Waals surface area (Å²) < 4.78 is 10.4. The molecule has 1 aliphatic carbocycles. The van der Waals surface area contributed by atoms with Gasteiger partial charge in [-0.2, -0.15) is 0 Å². The van der Waals surface area contributed by atoms with Gasteiger partial charge >= 0.3 is 11.9 Å². The van der Waals surface area contributed by atoms with Crippen LogP contribution in [0.3, 0.4) is 0 Å². The van der Waals surface area contributed by atoms with Gasteiger partial charge in [-0.3, -0.25) is 9.59 Å². The summed E-state index contributed by atoms with van der Waals surface area (Å²) in [6, 6.07) is 0. The largest absolute Gasteiger partial charge is 0.462 e. The molecule has 1 aliphatic heterocycles. The van der Waals surface area contributed by atoms with Crippen LogP contribution in [-0.4, -0.2) is 24.1 Å². The summed E-state index contributed by atoms with van der Waals surface area (Å²) in [6.07, 6.45) is 6.61. The first kappa shape index (κ1) is 11.2. The van der Waals surface area contributed by atoms with E-state index in [2.05, 4.69) is 0 Å². The van der Waals surface area contributed by atoms with Crippen LogP contribution in [-0.2, 0) is 19.1 Å². The van der Waals surface area contributed by atoms with Crippen molar-refractivity contribution in [2.24, 2.45) is 5.92 Å². The minimum absolute atomic E-state index is 0.0297. The second kappa shape index (κ2) is 4.68. The van der Waals surface area contributed by atoms with Gasteiger partial charge in [0.25, 0.3) is 0 Å². The molecule has 2 aliphatic rings. The monoisotopic (exact) mass is 224 g/mol. The van der Waals surface area contributed by atoms with Crippen LogP contribution >= 0.6 is 0 Å². The third-order valence-corrected chi connectivity index (χ3v) is 3.10. The molecular formula is C12H16O4. The maximum atomic E-state index is 11.2. The van der Waals surface area contributed by atoms with Crippen LogP contribution in [0, 0.1) is 5.92 Å². The maximum Gasteiger partial charge on any atom is 0.306 e. The van der Waals surface area contributed by atoms with E-state index < -0.39 is 0 Å². The summed E-state index contributed by atoms with van der Waals surface area (Å²) in [6.45, 7) is 1.41. The Hall–Kier alpha value is -1.32. The van der Waals surface area contributed by atoms with E-state index in [0.29, 0.717) is 6.42 Å². The van der Waals surface area contributed by atoms with Crippen LogP contribution in [0.2, 0.25) is 0 Å². The van der Waals surface area contributed by atoms with Gasteiger partial charge in [-0.05, 0) is 18.9 Å². The molecule has 88 valence electrons. The zero-order chi connectivity index (χ0) is 11.5. The van der Waals surface area contributed by atoms with Gasteiger partial charge < -0.3 is 9.47 Å². The molecule has 0 aromatic rings. The maximum absolute atomic E-state index is 11.2. The molecule has 0 radical (unpaired) electrons. The molecule has 0 N–H and O–H groups in total. The summed E-state index contributed by atoms with van der Waals surface area (Å²) in [5.74, 6) is -0.0737. The first-order valence-electron chi connectivity index (χ1n) is 5.68. The number of carbonyl (C=O) groups excluding carboxylic acids is 2. The molecule has 0 aromatic heterocycles. The third-order valence-electron chi connectivity index (χ3n) is 3.10. The highest BCUT2D eigenvalue weighted by atomic mass is 16.6. The predicted octanol–water partition coefficient (Wildman–Crippen LogP) is 1.59. The summed E-state index contributed by atoms with van der Waals surface area (Å²) in [5, 5.41) is 0. The molecule has 0 amide bonds. The van der Waals surface area contributed by atoms with Crippen LogP contribution in [0.5, 0.6) is 0 Å². The summed E-state index contributed by atoms with van der Waals surface area (Å²) in [4.78, 5) is 22.0. The van der Waals surface area contributed by atoms with Gasteiger partial charge in [-0.25, -0.2) is 0 Å². The second-order valence-electron chi connectivity index (χ2n) is 4.38. The highest BCUT2D eigenvalue weighted by Gasteiger charge is 2.34. The van der Waals surface area contributed by atoms with Crippen LogP contribution in [0.4, 0.5) is 0 Å². The molecule has 1 heterocycles. The lowest BCUT2D eigenvalue weighted by molar-refractivity contribution is -0.144. The fourth-order valence-electron chi connectivity index (χ4n) is 2.34. The number of rotatable bonds is 1. The number of hydrogen-bond acceptors (Lipinski definition) is 4. The molecule has 3 atom stereocenters. The Bertz CT molecular complexity index is 321. The minimum atomic E-state index is -0.259. The van der Waals surface area contributed by atoms with Crippen LogP contribution in [0.15, 0.2) is 12.2 Å². The number of hydrogen-bond donors (Lipinski definition) is 0. The van der Waals surface area contributed by atoms with Crippen molar-refractivity contribution in [1.82, 2.24) is 0 Å². The molecule has 16 heavy (non-hydrogen) atoms. The van der Waals surface area contributed by atoms with E-state index in [9.17, 15) is 9.59 Å². The second-order valence-corrected chi connectivity index (χ2v) is 4.38. The molecule has 1 fully saturated rings. The van der Waals surface area contributed by atoms with Crippen molar-refractivity contribution in [2.75, 3.05) is 0 Å². The summed E-state index contributed by atoms with van der Waals surface area (Å²) in [7, 11) is 0. The lowest BCUT2D eigenvalue weighted by atomic mass is 9.90. The minimum Gasteiger partial charge on any atom is -0.462 e. The Balaban J connectivity index is 1.97. The average molecular weight is 224 g/mol. The van der Waals surface area contributed by atoms with Gasteiger partial charge in [0.2, 0.25) is 0 Å². The molecule has 0 bridgehead atoms. The lowest BCUT2D eigenvalue weighted by Gasteiger charge is -2.21. The zero-order valence-corrected chi connectivity index (χ0v) is 9.35. The SMILES string of the molecule is CC(=O)O[C@@H]1/C=C\C[C@H]2OC(=O)C[C@@H]2CC1. The lowest BCUT2D eigenvalue weighted by Crippen LogP contribution is -2.22. The normalized spacial score (nSPS) is 35.6. The Morgan fingerprint density at radius 1 is 1.50 bits per heavy atom. The first-order valence-corrected chi connectivity index (χ1v) is 5.68. The van der Waals surface area contributed by atoms with Gasteiger partial charge in [0.05, 0.1) is 6.42 Å². The molecule has 4 heteroatoms. The fraction of sp³-hybridized carbons (Fsp3) is 0.667. The number of ether oxygens (including phenoxy) is 2. The highest BCUT2D eigenvalue weighted by molar-refractivity contribution is 5.72. The van der Waals surface area contributed by atoms with Crippen LogP contribution < -0.4 is 0 Å². The van der Waals surface area contributed by atoms with E-state index in [0.717, 1.165) is 19.3 Å². The molecular weight excluding hydrogens is 208 g/mol. The van der Waals surface area contributed by atoms with Crippen LogP contribution in [0.25, 0.3) is 0 Å². The Morgan fingerprint density at radius 2 is 2.31 bits per heavy atom. The molecule has 0 spiro atoms. The van der Waals surface area contributed by atoms with E-state index in [1.807, 2.05) is 12.2 Å². The Labute approximate surface area is 94.6 Å². The molecule has 2 rings (SSSR count). The Morgan fingerprint density at radius 3 is 3.06 bits per heavy atom. The van der Waals surface area contributed by atoms with Crippen molar-refractivity contribution in [2.45, 2.75) is 44.8 Å². The van der Waals surface area contributed by atoms with E-state index in [1.54, 1.807) is 0 Å². The Kier molecular flexibility index (Phi) is 3.27. The smallest absolute Gasteiger partial charge is 0.306 e. The van der Waals surface area contributed by atoms with Gasteiger partial charge in [-0.1, -0.05) is 6.08 Å². The van der Waals surface area contributed by atoms with Crippen molar-refractivity contribution in [3.05, 3.63) is 12.2 Å². The van der Waals surface area contributed by atoms with E-state index in [-0.39, 0.29) is 30.1 Å². The summed E-state index contributed by atoms with van der Waals surface area (Å²) in [5.41, 5.74) is 0. The number of carbonyl (C=O) groups is 2. The third kappa shape index (κ3) is 2.62. The number of esters is 2. The molecule has 0 unspecified atom stereocenters. The fourth-order valence-corrected chi connectivity index (χ4v) is 2.34. The van der Waals surface area contributed by atoms with E-state index in [1.165, 1.54) is 6.92 Å². The topological polar surface area (TPSA) is 52.6 Å². The van der Waals surface area contributed by atoms with Crippen molar-refractivity contribution >= 4 is 11.9 Å². The quantitative estimate of drug-likeness (QED) is 0.501. The van der Waals surface area contributed by atoms with Gasteiger partial charge in [0.1, 0.15) is 12.2 Å². The van der Waals surface area contributed by atoms with Crippen molar-refractivity contribution in [3.63, 3.8) is 0 Å². The zero-order valence-electron chi connectivity index (χ0n) is 9.35. The molecule has 4 nitrogen and oxygen atoms in total. The molecule has 0 saturated carbocycles.